The van der Waals surface area contributed by atoms with Gasteiger partial charge in [0, 0.05) is 11.8 Å². The van der Waals surface area contributed by atoms with Gasteiger partial charge in [0.1, 0.15) is 0 Å². The van der Waals surface area contributed by atoms with Crippen LogP contribution in [0.2, 0.25) is 0 Å². The Morgan fingerprint density at radius 2 is 2.00 bits per heavy atom. The van der Waals surface area contributed by atoms with E-state index in [0.29, 0.717) is 23.8 Å². The Labute approximate surface area is 84.7 Å². The minimum Gasteiger partial charge on any atom is -0.398 e. The molecule has 0 bridgehead atoms. The van der Waals surface area contributed by atoms with E-state index < -0.39 is 7.37 Å². The highest BCUT2D eigenvalue weighted by Crippen LogP contribution is 2.46. The van der Waals surface area contributed by atoms with Gasteiger partial charge in [0.2, 0.25) is 7.37 Å². The van der Waals surface area contributed by atoms with Gasteiger partial charge in [-0.25, -0.2) is 0 Å². The summed E-state index contributed by atoms with van der Waals surface area (Å²) in [6, 6.07) is 7.17. The number of anilines is 1. The van der Waals surface area contributed by atoms with E-state index in [1.165, 1.54) is 0 Å². The maximum Gasteiger partial charge on any atom is 0.233 e. The van der Waals surface area contributed by atoms with Gasteiger partial charge in [0.15, 0.2) is 0 Å². The molecule has 1 rings (SSSR count). The molecule has 0 aliphatic carbocycles. The van der Waals surface area contributed by atoms with Crippen molar-refractivity contribution >= 4 is 18.4 Å². The zero-order valence-corrected chi connectivity index (χ0v) is 9.46. The minimum absolute atomic E-state index is 0.444. The van der Waals surface area contributed by atoms with Crippen LogP contribution in [0.1, 0.15) is 13.8 Å². The summed E-state index contributed by atoms with van der Waals surface area (Å²) in [6.07, 6.45) is 0.481. The molecule has 3 nitrogen and oxygen atoms in total. The van der Waals surface area contributed by atoms with Gasteiger partial charge >= 0.3 is 0 Å². The van der Waals surface area contributed by atoms with Crippen molar-refractivity contribution < 1.29 is 9.09 Å². The van der Waals surface area contributed by atoms with E-state index in [9.17, 15) is 4.57 Å². The van der Waals surface area contributed by atoms with Gasteiger partial charge in [0.05, 0.1) is 11.9 Å². The first-order valence-electron chi connectivity index (χ1n) is 4.72. The maximum atomic E-state index is 12.3. The molecule has 14 heavy (non-hydrogen) atoms. The molecule has 0 heterocycles. The molecule has 0 amide bonds. The van der Waals surface area contributed by atoms with Crippen LogP contribution in [0.15, 0.2) is 24.3 Å². The van der Waals surface area contributed by atoms with Crippen molar-refractivity contribution in [1.82, 2.24) is 0 Å². The SMILES string of the molecule is CCOP(=O)(CC)c1ccccc1N. The van der Waals surface area contributed by atoms with E-state index in [1.54, 1.807) is 12.1 Å². The van der Waals surface area contributed by atoms with Crippen LogP contribution in [0.4, 0.5) is 5.69 Å². The van der Waals surface area contributed by atoms with Crippen LogP contribution in [0, 0.1) is 0 Å². The van der Waals surface area contributed by atoms with Crippen LogP contribution in [0.3, 0.4) is 0 Å². The second-order valence-corrected chi connectivity index (χ2v) is 5.69. The molecule has 2 N–H and O–H groups in total. The number of nitrogens with two attached hydrogens (primary N) is 1. The van der Waals surface area contributed by atoms with Crippen LogP contribution in [-0.2, 0) is 9.09 Å². The Kier molecular flexibility index (Phi) is 3.73. The smallest absolute Gasteiger partial charge is 0.233 e. The fourth-order valence-electron chi connectivity index (χ4n) is 1.34. The maximum absolute atomic E-state index is 12.3. The van der Waals surface area contributed by atoms with Crippen molar-refractivity contribution in [2.45, 2.75) is 13.8 Å². The second-order valence-electron chi connectivity index (χ2n) is 2.97. The summed E-state index contributed by atoms with van der Waals surface area (Å²) in [5, 5.41) is 0.643. The number of para-hydroxylation sites is 1. The lowest BCUT2D eigenvalue weighted by molar-refractivity contribution is 0.341. The van der Waals surface area contributed by atoms with Crippen molar-refractivity contribution in [3.8, 4) is 0 Å². The quantitative estimate of drug-likeness (QED) is 0.616. The molecule has 0 aliphatic rings. The summed E-state index contributed by atoms with van der Waals surface area (Å²) in [7, 11) is -2.72. The Balaban J connectivity index is 3.13. The van der Waals surface area contributed by atoms with Crippen molar-refractivity contribution in [3.05, 3.63) is 24.3 Å². The number of hydrogen-bond donors (Lipinski definition) is 1. The summed E-state index contributed by atoms with van der Waals surface area (Å²) in [5.41, 5.74) is 6.31. The molecule has 1 atom stereocenters. The largest absolute Gasteiger partial charge is 0.398 e. The van der Waals surface area contributed by atoms with E-state index in [4.69, 9.17) is 10.3 Å². The van der Waals surface area contributed by atoms with Crippen LogP contribution < -0.4 is 11.0 Å². The molecule has 4 heteroatoms. The third-order valence-corrected chi connectivity index (χ3v) is 4.71. The first-order chi connectivity index (χ1) is 6.64. The van der Waals surface area contributed by atoms with E-state index in [1.807, 2.05) is 26.0 Å². The number of benzene rings is 1. The second kappa shape index (κ2) is 4.63. The Bertz CT molecular complexity index is 352. The lowest BCUT2D eigenvalue weighted by Gasteiger charge is -2.17. The fourth-order valence-corrected chi connectivity index (χ4v) is 3.20. The van der Waals surface area contributed by atoms with Crippen molar-refractivity contribution in [2.75, 3.05) is 18.5 Å². The minimum atomic E-state index is -2.72. The third-order valence-electron chi connectivity index (χ3n) is 2.06. The van der Waals surface area contributed by atoms with Crippen LogP contribution in [0.5, 0.6) is 0 Å². The van der Waals surface area contributed by atoms with E-state index in [0.717, 1.165) is 0 Å². The summed E-state index contributed by atoms with van der Waals surface area (Å²) in [6.45, 7) is 4.13. The molecule has 1 unspecified atom stereocenters. The van der Waals surface area contributed by atoms with Crippen molar-refractivity contribution in [2.24, 2.45) is 0 Å². The topological polar surface area (TPSA) is 52.3 Å². The molecular formula is C10H16NO2P. The number of hydrogen-bond acceptors (Lipinski definition) is 3. The number of nitrogen functional groups attached to an aromatic ring is 1. The highest BCUT2D eigenvalue weighted by atomic mass is 31.2. The van der Waals surface area contributed by atoms with Gasteiger partial charge in [-0.15, -0.1) is 0 Å². The van der Waals surface area contributed by atoms with Gasteiger partial charge in [-0.3, -0.25) is 4.57 Å². The predicted octanol–water partition coefficient (Wildman–Crippen LogP) is 2.23. The normalized spacial score (nSPS) is 15.0. The lowest BCUT2D eigenvalue weighted by Crippen LogP contribution is -2.13. The number of rotatable bonds is 4. The van der Waals surface area contributed by atoms with Gasteiger partial charge < -0.3 is 10.3 Å². The molecule has 0 radical (unpaired) electrons. The average Bonchev–Trinajstić information content (AvgIpc) is 2.18. The summed E-state index contributed by atoms with van der Waals surface area (Å²) in [4.78, 5) is 0. The summed E-state index contributed by atoms with van der Waals surface area (Å²) in [5.74, 6) is 0. The standard InChI is InChI=1S/C10H16NO2P/c1-3-13-14(12,4-2)10-8-6-5-7-9(10)11/h5-8H,3-4,11H2,1-2H3. The predicted molar refractivity (Wildman–Crippen MR) is 60.3 cm³/mol. The fraction of sp³-hybridized carbons (Fsp3) is 0.400. The molecule has 78 valence electrons. The summed E-state index contributed by atoms with van der Waals surface area (Å²) >= 11 is 0. The van der Waals surface area contributed by atoms with Crippen LogP contribution in [-0.4, -0.2) is 12.8 Å². The van der Waals surface area contributed by atoms with E-state index >= 15 is 0 Å². The zero-order valence-electron chi connectivity index (χ0n) is 8.56. The molecule has 0 fully saturated rings. The molecule has 0 aliphatic heterocycles. The zero-order chi connectivity index (χ0) is 10.6. The molecule has 0 spiro atoms. The van der Waals surface area contributed by atoms with Gasteiger partial charge in [-0.1, -0.05) is 19.1 Å². The van der Waals surface area contributed by atoms with E-state index in [-0.39, 0.29) is 0 Å². The van der Waals surface area contributed by atoms with E-state index in [2.05, 4.69) is 0 Å². The average molecular weight is 213 g/mol. The van der Waals surface area contributed by atoms with Crippen LogP contribution >= 0.6 is 7.37 Å². The Morgan fingerprint density at radius 3 is 2.50 bits per heavy atom. The molecule has 1 aromatic rings. The Hall–Kier alpha value is -0.790. The van der Waals surface area contributed by atoms with Crippen LogP contribution in [0.25, 0.3) is 0 Å². The molecule has 0 aromatic heterocycles. The lowest BCUT2D eigenvalue weighted by atomic mass is 10.3. The van der Waals surface area contributed by atoms with Crippen molar-refractivity contribution in [1.29, 1.82) is 0 Å². The molecular weight excluding hydrogens is 197 g/mol. The third kappa shape index (κ3) is 2.17. The molecule has 0 saturated carbocycles. The van der Waals surface area contributed by atoms with Gasteiger partial charge in [0.25, 0.3) is 0 Å². The highest BCUT2D eigenvalue weighted by molar-refractivity contribution is 7.67. The molecule has 1 aromatic carbocycles. The molecule has 0 saturated heterocycles. The first kappa shape index (κ1) is 11.3. The summed E-state index contributed by atoms with van der Waals surface area (Å²) < 4.78 is 17.6. The van der Waals surface area contributed by atoms with Gasteiger partial charge in [-0.2, -0.15) is 0 Å². The highest BCUT2D eigenvalue weighted by Gasteiger charge is 2.24. The first-order valence-corrected chi connectivity index (χ1v) is 6.53. The Morgan fingerprint density at radius 1 is 1.36 bits per heavy atom. The van der Waals surface area contributed by atoms with Crippen molar-refractivity contribution in [3.63, 3.8) is 0 Å². The monoisotopic (exact) mass is 213 g/mol. The van der Waals surface area contributed by atoms with Gasteiger partial charge in [-0.05, 0) is 19.1 Å².